The third-order valence-electron chi connectivity index (χ3n) is 5.99. The minimum absolute atomic E-state index is 0.0351. The Morgan fingerprint density at radius 1 is 1.31 bits per heavy atom. The Morgan fingerprint density at radius 3 is 2.64 bits per heavy atom. The van der Waals surface area contributed by atoms with Gasteiger partial charge < -0.3 is 20.1 Å². The maximum atomic E-state index is 14.4. The lowest BCUT2D eigenvalue weighted by molar-refractivity contribution is -0.125. The summed E-state index contributed by atoms with van der Waals surface area (Å²) >= 11 is 1.28. The normalized spacial score (nSPS) is 23.6. The van der Waals surface area contributed by atoms with E-state index in [1.165, 1.54) is 47.5 Å². The molecule has 1 unspecified atom stereocenters. The van der Waals surface area contributed by atoms with Gasteiger partial charge in [-0.1, -0.05) is 12.1 Å². The Hall–Kier alpha value is -3.45. The highest BCUT2D eigenvalue weighted by molar-refractivity contribution is 7.11. The highest BCUT2D eigenvalue weighted by atomic mass is 32.1. The number of amides is 1. The van der Waals surface area contributed by atoms with Crippen LogP contribution in [0.1, 0.15) is 23.9 Å². The van der Waals surface area contributed by atoms with Gasteiger partial charge >= 0.3 is 6.16 Å². The number of hydrogen-bond donors (Lipinski definition) is 2. The Morgan fingerprint density at radius 2 is 2.03 bits per heavy atom. The van der Waals surface area contributed by atoms with Gasteiger partial charge in [-0.05, 0) is 24.6 Å². The molecule has 0 spiro atoms. The number of aromatic nitrogens is 1. The molecule has 1 aromatic heterocycles. The predicted octanol–water partition coefficient (Wildman–Crippen LogP) is 3.00. The number of thiazole rings is 1. The smallest absolute Gasteiger partial charge is 0.437 e. The summed E-state index contributed by atoms with van der Waals surface area (Å²) in [6, 6.07) is 4.33. The SMILES string of the molecule is CNC(=O)[C@@H]1CC(F)(F)CN1CC1=C(OC(=O)OC)C(C)(c2ccc(F)cc2)N=C(c2nccs2)N1. The minimum atomic E-state index is -3.09. The molecule has 2 aromatic rings. The first-order valence-corrected chi connectivity index (χ1v) is 11.8. The van der Waals surface area contributed by atoms with E-state index in [0.717, 1.165) is 7.11 Å². The fourth-order valence-corrected chi connectivity index (χ4v) is 4.86. The fourth-order valence-electron chi connectivity index (χ4n) is 4.28. The topological polar surface area (TPSA) is 105 Å². The van der Waals surface area contributed by atoms with E-state index < -0.39 is 48.3 Å². The van der Waals surface area contributed by atoms with Gasteiger partial charge in [0.05, 0.1) is 25.4 Å². The number of nitrogens with one attached hydrogen (secondary N) is 2. The Kier molecular flexibility index (Phi) is 7.05. The van der Waals surface area contributed by atoms with E-state index in [0.29, 0.717) is 16.4 Å². The predicted molar refractivity (Wildman–Crippen MR) is 125 cm³/mol. The zero-order valence-electron chi connectivity index (χ0n) is 19.7. The number of carbonyl (C=O) groups excluding carboxylic acids is 2. The van der Waals surface area contributed by atoms with Crippen molar-refractivity contribution in [3.05, 3.63) is 63.7 Å². The van der Waals surface area contributed by atoms with Gasteiger partial charge in [-0.15, -0.1) is 11.3 Å². The Labute approximate surface area is 209 Å². The number of methoxy groups -OCH3 is 1. The standard InChI is InChI=1S/C23H24F3N5O4S/c1-22(13-4-6-14(24)7-5-13)17(35-21(33)34-3)15(29-18(30-22)20-28-8-9-36-20)11-31-12-23(25,26)10-16(31)19(32)27-2/h4-9,16H,10-12H2,1-3H3,(H,27,32)(H,29,30)/t16-,22?/m0/s1. The molecule has 192 valence electrons. The van der Waals surface area contributed by atoms with E-state index in [-0.39, 0.29) is 18.0 Å². The van der Waals surface area contributed by atoms with Crippen LogP contribution in [0.2, 0.25) is 0 Å². The molecular formula is C23H24F3N5O4S. The molecule has 2 aliphatic rings. The van der Waals surface area contributed by atoms with Crippen molar-refractivity contribution in [2.75, 3.05) is 27.2 Å². The van der Waals surface area contributed by atoms with Gasteiger partial charge in [0.2, 0.25) is 5.91 Å². The first-order valence-electron chi connectivity index (χ1n) is 10.9. The maximum Gasteiger partial charge on any atom is 0.513 e. The van der Waals surface area contributed by atoms with Crippen molar-refractivity contribution >= 4 is 29.2 Å². The number of benzene rings is 1. The van der Waals surface area contributed by atoms with Gasteiger partial charge in [0.15, 0.2) is 16.6 Å². The number of aliphatic imine (C=N–C) groups is 1. The van der Waals surface area contributed by atoms with E-state index >= 15 is 0 Å². The zero-order valence-corrected chi connectivity index (χ0v) is 20.5. The van der Waals surface area contributed by atoms with Crippen molar-refractivity contribution in [1.82, 2.24) is 20.5 Å². The molecule has 0 saturated carbocycles. The number of amidine groups is 1. The summed E-state index contributed by atoms with van der Waals surface area (Å²) in [5.41, 5.74) is -0.724. The van der Waals surface area contributed by atoms with Crippen LogP contribution in [0.3, 0.4) is 0 Å². The van der Waals surface area contributed by atoms with E-state index in [4.69, 9.17) is 9.73 Å². The highest BCUT2D eigenvalue weighted by Crippen LogP contribution is 2.40. The van der Waals surface area contributed by atoms with Crippen LogP contribution in [-0.4, -0.2) is 67.0 Å². The maximum absolute atomic E-state index is 14.4. The van der Waals surface area contributed by atoms with Crippen molar-refractivity contribution < 1.29 is 32.2 Å². The number of halogens is 3. The molecule has 1 aromatic carbocycles. The summed E-state index contributed by atoms with van der Waals surface area (Å²) in [5.74, 6) is -3.87. The van der Waals surface area contributed by atoms with Crippen LogP contribution >= 0.6 is 11.3 Å². The first kappa shape index (κ1) is 25.6. The molecule has 0 radical (unpaired) electrons. The lowest BCUT2D eigenvalue weighted by atomic mass is 9.88. The first-order chi connectivity index (χ1) is 17.1. The molecule has 2 atom stereocenters. The van der Waals surface area contributed by atoms with Crippen LogP contribution in [0.25, 0.3) is 0 Å². The third-order valence-corrected chi connectivity index (χ3v) is 6.77. The van der Waals surface area contributed by atoms with Gasteiger partial charge in [-0.2, -0.15) is 0 Å². The van der Waals surface area contributed by atoms with E-state index in [1.54, 1.807) is 18.5 Å². The number of ether oxygens (including phenoxy) is 2. The third kappa shape index (κ3) is 5.07. The quantitative estimate of drug-likeness (QED) is 0.561. The van der Waals surface area contributed by atoms with Gasteiger partial charge in [0.1, 0.15) is 11.4 Å². The number of nitrogens with zero attached hydrogens (tertiary/aromatic N) is 3. The second-order valence-electron chi connectivity index (χ2n) is 8.46. The van der Waals surface area contributed by atoms with Crippen molar-refractivity contribution in [2.24, 2.45) is 4.99 Å². The summed E-state index contributed by atoms with van der Waals surface area (Å²) in [6.07, 6.45) is -0.137. The summed E-state index contributed by atoms with van der Waals surface area (Å²) in [7, 11) is 2.50. The molecule has 3 heterocycles. The molecule has 36 heavy (non-hydrogen) atoms. The van der Waals surface area contributed by atoms with E-state index in [9.17, 15) is 22.8 Å². The second-order valence-corrected chi connectivity index (χ2v) is 9.36. The van der Waals surface area contributed by atoms with Crippen LogP contribution in [0.5, 0.6) is 0 Å². The lowest BCUT2D eigenvalue weighted by Gasteiger charge is -2.36. The summed E-state index contributed by atoms with van der Waals surface area (Å²) in [6.45, 7) is 0.752. The molecule has 13 heteroatoms. The van der Waals surface area contributed by atoms with Gasteiger partial charge in [-0.25, -0.2) is 27.9 Å². The number of hydrogen-bond acceptors (Lipinski definition) is 9. The number of carbonyl (C=O) groups is 2. The Balaban J connectivity index is 1.85. The van der Waals surface area contributed by atoms with E-state index in [1.807, 2.05) is 0 Å². The van der Waals surface area contributed by atoms with Crippen molar-refractivity contribution in [3.8, 4) is 0 Å². The van der Waals surface area contributed by atoms with Crippen molar-refractivity contribution in [2.45, 2.75) is 30.8 Å². The number of likely N-dealkylation sites (N-methyl/N-ethyl adjacent to an activating group) is 1. The molecule has 2 aliphatic heterocycles. The molecule has 1 amide bonds. The van der Waals surface area contributed by atoms with Gasteiger partial charge in [0, 0.05) is 31.6 Å². The number of alkyl halides is 2. The minimum Gasteiger partial charge on any atom is -0.437 e. The Bertz CT molecular complexity index is 1200. The molecular weight excluding hydrogens is 499 g/mol. The molecule has 1 fully saturated rings. The second kappa shape index (κ2) is 9.90. The van der Waals surface area contributed by atoms with Crippen molar-refractivity contribution in [3.63, 3.8) is 0 Å². The molecule has 0 aliphatic carbocycles. The molecule has 1 saturated heterocycles. The highest BCUT2D eigenvalue weighted by Gasteiger charge is 2.49. The average Bonchev–Trinajstić information content (AvgIpc) is 3.48. The molecule has 4 rings (SSSR count). The van der Waals surface area contributed by atoms with Gasteiger partial charge in [-0.3, -0.25) is 9.69 Å². The van der Waals surface area contributed by atoms with Gasteiger partial charge in [0.25, 0.3) is 5.92 Å². The number of rotatable bonds is 6. The van der Waals surface area contributed by atoms with Crippen LogP contribution in [0.15, 0.2) is 52.3 Å². The monoisotopic (exact) mass is 523 g/mol. The number of likely N-dealkylation sites (tertiary alicyclic amines) is 1. The molecule has 2 N–H and O–H groups in total. The molecule has 0 bridgehead atoms. The zero-order chi connectivity index (χ0) is 26.1. The van der Waals surface area contributed by atoms with Crippen LogP contribution in [0, 0.1) is 5.82 Å². The van der Waals surface area contributed by atoms with Crippen LogP contribution in [0.4, 0.5) is 18.0 Å². The van der Waals surface area contributed by atoms with Crippen molar-refractivity contribution in [1.29, 1.82) is 0 Å². The van der Waals surface area contributed by atoms with Crippen LogP contribution in [-0.2, 0) is 19.8 Å². The van der Waals surface area contributed by atoms with E-state index in [2.05, 4.69) is 20.4 Å². The van der Waals surface area contributed by atoms with Crippen LogP contribution < -0.4 is 10.6 Å². The average molecular weight is 524 g/mol. The summed E-state index contributed by atoms with van der Waals surface area (Å²) in [5, 5.41) is 7.71. The largest absolute Gasteiger partial charge is 0.513 e. The fraction of sp³-hybridized carbons (Fsp3) is 0.391. The lowest BCUT2D eigenvalue weighted by Crippen LogP contribution is -2.47. The summed E-state index contributed by atoms with van der Waals surface area (Å²) in [4.78, 5) is 35.0. The molecule has 9 nitrogen and oxygen atoms in total. The summed E-state index contributed by atoms with van der Waals surface area (Å²) < 4.78 is 52.7.